The van der Waals surface area contributed by atoms with Crippen LogP contribution in [0.15, 0.2) is 36.4 Å². The maximum atomic E-state index is 11.8. The Morgan fingerprint density at radius 1 is 0.706 bits per heavy atom. The molecule has 2 rings (SSSR count). The molecule has 34 heavy (non-hydrogen) atoms. The minimum Gasteiger partial charge on any atom is -0.493 e. The number of ketones is 1. The van der Waals surface area contributed by atoms with Gasteiger partial charge in [-0.3, -0.25) is 14.4 Å². The van der Waals surface area contributed by atoms with E-state index in [1.807, 2.05) is 13.8 Å². The average molecular weight is 511 g/mol. The van der Waals surface area contributed by atoms with Crippen LogP contribution in [-0.4, -0.2) is 44.1 Å². The number of aryl methyl sites for hydroxylation is 2. The summed E-state index contributed by atoms with van der Waals surface area (Å²) >= 11 is 11.8. The lowest BCUT2D eigenvalue weighted by Crippen LogP contribution is -2.21. The number of hydrogen-bond donors (Lipinski definition) is 0. The summed E-state index contributed by atoms with van der Waals surface area (Å²) in [5, 5.41) is 1.25. The highest BCUT2D eigenvalue weighted by molar-refractivity contribution is 6.31. The summed E-state index contributed by atoms with van der Waals surface area (Å²) in [4.78, 5) is 35.3. The molecule has 0 aliphatic carbocycles. The molecule has 0 bridgehead atoms. The van der Waals surface area contributed by atoms with E-state index in [0.29, 0.717) is 47.6 Å². The Bertz CT molecular complexity index is 914. The van der Waals surface area contributed by atoms with Crippen molar-refractivity contribution in [1.82, 2.24) is 0 Å². The first-order valence-corrected chi connectivity index (χ1v) is 11.6. The average Bonchev–Trinajstić information content (AvgIpc) is 2.79. The van der Waals surface area contributed by atoms with Crippen LogP contribution in [-0.2, 0) is 23.9 Å². The molecule has 0 saturated carbocycles. The van der Waals surface area contributed by atoms with Gasteiger partial charge in [-0.25, -0.2) is 0 Å². The van der Waals surface area contributed by atoms with Gasteiger partial charge >= 0.3 is 11.9 Å². The van der Waals surface area contributed by atoms with Crippen LogP contribution in [0.4, 0.5) is 0 Å². The Morgan fingerprint density at radius 2 is 1.12 bits per heavy atom. The monoisotopic (exact) mass is 510 g/mol. The molecule has 0 atom stereocenters. The van der Waals surface area contributed by atoms with Crippen molar-refractivity contribution >= 4 is 40.9 Å². The highest BCUT2D eigenvalue weighted by Crippen LogP contribution is 2.23. The molecular formula is C25H28Cl2O7. The fourth-order valence-corrected chi connectivity index (χ4v) is 3.31. The molecule has 0 aliphatic rings. The van der Waals surface area contributed by atoms with Gasteiger partial charge in [-0.2, -0.15) is 0 Å². The fraction of sp³-hybridized carbons (Fsp3) is 0.400. The number of halogens is 2. The zero-order chi connectivity index (χ0) is 24.9. The van der Waals surface area contributed by atoms with Crippen molar-refractivity contribution in [3.63, 3.8) is 0 Å². The third kappa shape index (κ3) is 10.4. The molecule has 9 heteroatoms. The first kappa shape index (κ1) is 27.5. The van der Waals surface area contributed by atoms with Crippen LogP contribution < -0.4 is 9.47 Å². The van der Waals surface area contributed by atoms with Crippen LogP contribution in [0.2, 0.25) is 10.0 Å². The van der Waals surface area contributed by atoms with Crippen LogP contribution in [0.25, 0.3) is 0 Å². The molecule has 0 radical (unpaired) electrons. The summed E-state index contributed by atoms with van der Waals surface area (Å²) in [6.45, 7) is 3.52. The number of benzene rings is 2. The number of rotatable bonds is 14. The Morgan fingerprint density at radius 3 is 1.50 bits per heavy atom. The van der Waals surface area contributed by atoms with Crippen LogP contribution in [0.5, 0.6) is 11.5 Å². The summed E-state index contributed by atoms with van der Waals surface area (Å²) in [6.07, 6.45) is 1.07. The van der Waals surface area contributed by atoms with Crippen molar-refractivity contribution in [2.24, 2.45) is 0 Å². The highest BCUT2D eigenvalue weighted by atomic mass is 35.5. The quantitative estimate of drug-likeness (QED) is 0.252. The van der Waals surface area contributed by atoms with Gasteiger partial charge in [0, 0.05) is 22.9 Å². The molecule has 0 unspecified atom stereocenters. The molecule has 0 aliphatic heterocycles. The molecule has 2 aromatic carbocycles. The Kier molecular flexibility index (Phi) is 11.7. The minimum atomic E-state index is -0.522. The Hall–Kier alpha value is -2.77. The van der Waals surface area contributed by atoms with Crippen molar-refractivity contribution < 1.29 is 33.3 Å². The third-order valence-electron chi connectivity index (χ3n) is 4.63. The van der Waals surface area contributed by atoms with Crippen LogP contribution in [0.1, 0.15) is 36.8 Å². The van der Waals surface area contributed by atoms with Crippen LogP contribution >= 0.6 is 23.2 Å². The molecular weight excluding hydrogens is 483 g/mol. The second-order valence-electron chi connectivity index (χ2n) is 7.58. The normalized spacial score (nSPS) is 10.5. The molecule has 0 fully saturated rings. The number of Topliss-reactive ketones (excluding diaryl/α,β-unsaturated/α-hetero) is 1. The maximum absolute atomic E-state index is 11.8. The van der Waals surface area contributed by atoms with Gasteiger partial charge in [0.05, 0.1) is 13.2 Å². The predicted molar refractivity (Wildman–Crippen MR) is 129 cm³/mol. The number of hydrogen-bond acceptors (Lipinski definition) is 7. The molecule has 0 amide bonds. The number of carbonyl (C=O) groups is 3. The smallest absolute Gasteiger partial charge is 0.306 e. The number of ether oxygens (including phenoxy) is 4. The van der Waals surface area contributed by atoms with E-state index in [4.69, 9.17) is 42.1 Å². The van der Waals surface area contributed by atoms with Crippen LogP contribution in [0, 0.1) is 13.8 Å². The van der Waals surface area contributed by atoms with E-state index in [-0.39, 0.29) is 12.8 Å². The van der Waals surface area contributed by atoms with Gasteiger partial charge in [0.1, 0.15) is 11.5 Å². The zero-order valence-electron chi connectivity index (χ0n) is 19.2. The topological polar surface area (TPSA) is 88.1 Å². The third-order valence-corrected chi connectivity index (χ3v) is 5.10. The van der Waals surface area contributed by atoms with Gasteiger partial charge in [0.25, 0.3) is 0 Å². The molecule has 0 heterocycles. The molecule has 184 valence electrons. The van der Waals surface area contributed by atoms with E-state index >= 15 is 0 Å². The summed E-state index contributed by atoms with van der Waals surface area (Å²) in [7, 11) is 0. The lowest BCUT2D eigenvalue weighted by Gasteiger charge is -2.10. The zero-order valence-corrected chi connectivity index (χ0v) is 20.7. The van der Waals surface area contributed by atoms with E-state index in [9.17, 15) is 14.4 Å². The van der Waals surface area contributed by atoms with E-state index in [1.165, 1.54) is 0 Å². The number of esters is 2. The number of carbonyl (C=O) groups excluding carboxylic acids is 3. The Labute approximate surface area is 209 Å². The van der Waals surface area contributed by atoms with E-state index in [2.05, 4.69) is 0 Å². The first-order chi connectivity index (χ1) is 16.2. The van der Waals surface area contributed by atoms with Crippen molar-refractivity contribution in [1.29, 1.82) is 0 Å². The molecule has 0 spiro atoms. The first-order valence-electron chi connectivity index (χ1n) is 10.9. The minimum absolute atomic E-state index is 0.104. The second kappa shape index (κ2) is 14.5. The SMILES string of the molecule is Cc1cc(Cl)ccc1OCCCC(=O)OCC(=O)COC(=O)CCCOc1ccc(Cl)cc1C. The summed E-state index contributed by atoms with van der Waals surface area (Å²) in [5.41, 5.74) is 1.80. The lowest BCUT2D eigenvalue weighted by molar-refractivity contribution is -0.153. The van der Waals surface area contributed by atoms with E-state index < -0.39 is 30.9 Å². The van der Waals surface area contributed by atoms with E-state index in [0.717, 1.165) is 11.1 Å². The Balaban J connectivity index is 1.51. The maximum Gasteiger partial charge on any atom is 0.306 e. The van der Waals surface area contributed by atoms with Crippen molar-refractivity contribution in [3.8, 4) is 11.5 Å². The molecule has 7 nitrogen and oxygen atoms in total. The van der Waals surface area contributed by atoms with Crippen molar-refractivity contribution in [2.75, 3.05) is 26.4 Å². The molecule has 0 aromatic heterocycles. The second-order valence-corrected chi connectivity index (χ2v) is 8.46. The standard InChI is InChI=1S/C25H28Cl2O7/c1-17-13-19(26)7-9-22(17)31-11-3-5-24(29)33-15-21(28)16-34-25(30)6-4-12-32-23-10-8-20(27)14-18(23)2/h7-10,13-14H,3-6,11-12,15-16H2,1-2H3. The van der Waals surface area contributed by atoms with Gasteiger partial charge in [-0.15, -0.1) is 0 Å². The van der Waals surface area contributed by atoms with Gasteiger partial charge in [-0.1, -0.05) is 23.2 Å². The molecule has 0 N–H and O–H groups in total. The van der Waals surface area contributed by atoms with E-state index in [1.54, 1.807) is 36.4 Å². The largest absolute Gasteiger partial charge is 0.493 e. The fourth-order valence-electron chi connectivity index (χ4n) is 2.85. The highest BCUT2D eigenvalue weighted by Gasteiger charge is 2.11. The predicted octanol–water partition coefficient (Wildman–Crippen LogP) is 5.28. The summed E-state index contributed by atoms with van der Waals surface area (Å²) < 4.78 is 21.0. The summed E-state index contributed by atoms with van der Waals surface area (Å²) in [5.74, 6) is -0.151. The van der Waals surface area contributed by atoms with Gasteiger partial charge in [0.15, 0.2) is 13.2 Å². The van der Waals surface area contributed by atoms with Gasteiger partial charge in [0.2, 0.25) is 5.78 Å². The van der Waals surface area contributed by atoms with Crippen molar-refractivity contribution in [2.45, 2.75) is 39.5 Å². The summed E-state index contributed by atoms with van der Waals surface area (Å²) in [6, 6.07) is 10.6. The molecule has 0 saturated heterocycles. The molecule has 2 aromatic rings. The van der Waals surface area contributed by atoms with Gasteiger partial charge in [-0.05, 0) is 74.2 Å². The lowest BCUT2D eigenvalue weighted by atomic mass is 10.2. The van der Waals surface area contributed by atoms with Gasteiger partial charge < -0.3 is 18.9 Å². The van der Waals surface area contributed by atoms with Crippen molar-refractivity contribution in [3.05, 3.63) is 57.6 Å². The van der Waals surface area contributed by atoms with Crippen LogP contribution in [0.3, 0.4) is 0 Å².